The summed E-state index contributed by atoms with van der Waals surface area (Å²) in [6.45, 7) is 0.723. The molecule has 3 aromatic rings. The second kappa shape index (κ2) is 9.11. The lowest BCUT2D eigenvalue weighted by atomic mass is 10.0. The van der Waals surface area contributed by atoms with Crippen molar-refractivity contribution in [1.82, 2.24) is 5.01 Å². The Morgan fingerprint density at radius 2 is 1.94 bits per heavy atom. The van der Waals surface area contributed by atoms with Crippen LogP contribution in [0.3, 0.4) is 0 Å². The van der Waals surface area contributed by atoms with Crippen molar-refractivity contribution in [2.75, 3.05) is 23.3 Å². The van der Waals surface area contributed by atoms with Gasteiger partial charge in [-0.05, 0) is 48.4 Å². The Labute approximate surface area is 196 Å². The van der Waals surface area contributed by atoms with Crippen LogP contribution in [-0.4, -0.2) is 35.6 Å². The fraction of sp³-hybridized carbons (Fsp3) is 0.240. The van der Waals surface area contributed by atoms with Crippen LogP contribution in [-0.2, 0) is 9.59 Å². The first-order valence-electron chi connectivity index (χ1n) is 10.9. The number of halogens is 1. The molecule has 33 heavy (non-hydrogen) atoms. The highest BCUT2D eigenvalue weighted by Crippen LogP contribution is 2.34. The van der Waals surface area contributed by atoms with Gasteiger partial charge < -0.3 is 14.6 Å². The number of rotatable bonds is 6. The van der Waals surface area contributed by atoms with E-state index in [0.717, 1.165) is 29.1 Å². The van der Waals surface area contributed by atoms with Gasteiger partial charge in [0, 0.05) is 24.4 Å². The van der Waals surface area contributed by atoms with E-state index in [1.807, 2.05) is 54.6 Å². The van der Waals surface area contributed by atoms with E-state index < -0.39 is 0 Å². The van der Waals surface area contributed by atoms with Gasteiger partial charge in [-0.3, -0.25) is 9.59 Å². The summed E-state index contributed by atoms with van der Waals surface area (Å²) >= 11 is 6.02. The molecule has 0 bridgehead atoms. The zero-order valence-corrected chi connectivity index (χ0v) is 18.7. The van der Waals surface area contributed by atoms with Crippen LogP contribution >= 0.6 is 11.6 Å². The molecule has 0 saturated carbocycles. The molecule has 0 spiro atoms. The van der Waals surface area contributed by atoms with Crippen molar-refractivity contribution in [2.45, 2.75) is 25.3 Å². The van der Waals surface area contributed by atoms with Crippen molar-refractivity contribution < 1.29 is 14.0 Å². The van der Waals surface area contributed by atoms with Crippen LogP contribution in [0, 0.1) is 0 Å². The molecule has 1 fully saturated rings. The van der Waals surface area contributed by atoms with E-state index >= 15 is 0 Å². The van der Waals surface area contributed by atoms with Crippen LogP contribution in [0.1, 0.15) is 36.6 Å². The van der Waals surface area contributed by atoms with Crippen LogP contribution in [0.5, 0.6) is 0 Å². The van der Waals surface area contributed by atoms with Crippen LogP contribution in [0.25, 0.3) is 0 Å². The van der Waals surface area contributed by atoms with Gasteiger partial charge in [-0.2, -0.15) is 5.10 Å². The van der Waals surface area contributed by atoms with E-state index in [1.54, 1.807) is 17.2 Å². The van der Waals surface area contributed by atoms with Gasteiger partial charge in [-0.15, -0.1) is 0 Å². The molecule has 2 amide bonds. The van der Waals surface area contributed by atoms with Gasteiger partial charge in [-0.25, -0.2) is 5.01 Å². The van der Waals surface area contributed by atoms with Crippen LogP contribution in [0.4, 0.5) is 11.4 Å². The van der Waals surface area contributed by atoms with Crippen molar-refractivity contribution in [3.05, 3.63) is 83.3 Å². The molecule has 0 radical (unpaired) electrons. The third kappa shape index (κ3) is 4.36. The lowest BCUT2D eigenvalue weighted by Gasteiger charge is -2.22. The minimum absolute atomic E-state index is 0.0354. The highest BCUT2D eigenvalue weighted by atomic mass is 35.5. The molecular weight excluding hydrogens is 440 g/mol. The maximum absolute atomic E-state index is 13.3. The standard InChI is InChI=1S/C25H23ClN4O3/c26-18-11-9-17(10-12-18)20-15-22(23-7-4-14-33-23)30(28-20)25(32)16-27-19-5-1-2-6-21(19)29-13-3-8-24(29)31/h1-2,4-7,9-12,14,22,27H,3,8,13,15-16H2. The van der Waals surface area contributed by atoms with E-state index in [1.165, 1.54) is 5.01 Å². The Bertz CT molecular complexity index is 1190. The second-order valence-electron chi connectivity index (χ2n) is 8.05. The number of carbonyl (C=O) groups excluding carboxylic acids is 2. The first-order chi connectivity index (χ1) is 16.1. The summed E-state index contributed by atoms with van der Waals surface area (Å²) in [6.07, 6.45) is 3.53. The molecule has 1 saturated heterocycles. The first-order valence-corrected chi connectivity index (χ1v) is 11.3. The molecule has 2 aliphatic heterocycles. The highest BCUT2D eigenvalue weighted by molar-refractivity contribution is 6.30. The van der Waals surface area contributed by atoms with Gasteiger partial charge in [0.15, 0.2) is 0 Å². The van der Waals surface area contributed by atoms with E-state index in [4.69, 9.17) is 16.0 Å². The van der Waals surface area contributed by atoms with Gasteiger partial charge in [0.2, 0.25) is 5.91 Å². The first kappa shape index (κ1) is 21.3. The van der Waals surface area contributed by atoms with Crippen LogP contribution in [0.2, 0.25) is 5.02 Å². The van der Waals surface area contributed by atoms with Gasteiger partial charge in [0.1, 0.15) is 11.8 Å². The Kier molecular flexibility index (Phi) is 5.88. The van der Waals surface area contributed by atoms with E-state index in [9.17, 15) is 9.59 Å². The maximum atomic E-state index is 13.3. The largest absolute Gasteiger partial charge is 0.467 e. The lowest BCUT2D eigenvalue weighted by Crippen LogP contribution is -2.32. The molecule has 5 rings (SSSR count). The summed E-state index contributed by atoms with van der Waals surface area (Å²) in [7, 11) is 0. The summed E-state index contributed by atoms with van der Waals surface area (Å²) in [6, 6.07) is 18.3. The number of hydrogen-bond donors (Lipinski definition) is 1. The van der Waals surface area contributed by atoms with Crippen molar-refractivity contribution >= 4 is 40.5 Å². The number of carbonyl (C=O) groups is 2. The summed E-state index contributed by atoms with van der Waals surface area (Å²) in [5.41, 5.74) is 3.25. The molecule has 1 unspecified atom stereocenters. The average molecular weight is 463 g/mol. The summed E-state index contributed by atoms with van der Waals surface area (Å²) in [5, 5.41) is 9.99. The maximum Gasteiger partial charge on any atom is 0.262 e. The van der Waals surface area contributed by atoms with Gasteiger partial charge >= 0.3 is 0 Å². The van der Waals surface area contributed by atoms with E-state index in [0.29, 0.717) is 30.2 Å². The van der Waals surface area contributed by atoms with Crippen LogP contribution in [0.15, 0.2) is 76.4 Å². The summed E-state index contributed by atoms with van der Waals surface area (Å²) < 4.78 is 5.61. The normalized spacial score (nSPS) is 18.0. The molecule has 8 heteroatoms. The molecular formula is C25H23ClN4O3. The van der Waals surface area contributed by atoms with E-state index in [-0.39, 0.29) is 24.4 Å². The minimum Gasteiger partial charge on any atom is -0.467 e. The third-order valence-electron chi connectivity index (χ3n) is 5.91. The zero-order valence-electron chi connectivity index (χ0n) is 17.9. The fourth-order valence-corrected chi connectivity index (χ4v) is 4.40. The smallest absolute Gasteiger partial charge is 0.262 e. The molecule has 3 heterocycles. The lowest BCUT2D eigenvalue weighted by molar-refractivity contribution is -0.131. The number of amides is 2. The fourth-order valence-electron chi connectivity index (χ4n) is 4.27. The van der Waals surface area contributed by atoms with Crippen molar-refractivity contribution in [3.8, 4) is 0 Å². The average Bonchev–Trinajstić information content (AvgIpc) is 3.59. The van der Waals surface area contributed by atoms with Crippen LogP contribution < -0.4 is 10.2 Å². The number of nitrogens with zero attached hydrogens (tertiary/aromatic N) is 3. The number of nitrogens with one attached hydrogen (secondary N) is 1. The molecule has 2 aromatic carbocycles. The van der Waals surface area contributed by atoms with Crippen molar-refractivity contribution in [3.63, 3.8) is 0 Å². The van der Waals surface area contributed by atoms with Gasteiger partial charge in [-0.1, -0.05) is 35.9 Å². The van der Waals surface area contributed by atoms with Crippen molar-refractivity contribution in [2.24, 2.45) is 5.10 Å². The zero-order chi connectivity index (χ0) is 22.8. The molecule has 168 valence electrons. The van der Waals surface area contributed by atoms with E-state index in [2.05, 4.69) is 10.4 Å². The summed E-state index contributed by atoms with van der Waals surface area (Å²) in [4.78, 5) is 27.3. The number of benzene rings is 2. The number of para-hydroxylation sites is 2. The minimum atomic E-state index is -0.324. The molecule has 1 atom stereocenters. The number of hydrazone groups is 1. The summed E-state index contributed by atoms with van der Waals surface area (Å²) in [5.74, 6) is 0.590. The second-order valence-corrected chi connectivity index (χ2v) is 8.48. The topological polar surface area (TPSA) is 78.2 Å². The Balaban J connectivity index is 1.36. The molecule has 1 aromatic heterocycles. The SMILES string of the molecule is O=C1CCCN1c1ccccc1NCC(=O)N1N=C(c2ccc(Cl)cc2)CC1c1ccco1. The Morgan fingerprint density at radius 1 is 1.12 bits per heavy atom. The molecule has 0 aliphatic carbocycles. The molecule has 1 N–H and O–H groups in total. The number of furan rings is 1. The Hall–Kier alpha value is -3.58. The molecule has 7 nitrogen and oxygen atoms in total. The van der Waals surface area contributed by atoms with Crippen molar-refractivity contribution in [1.29, 1.82) is 0 Å². The third-order valence-corrected chi connectivity index (χ3v) is 6.17. The highest BCUT2D eigenvalue weighted by Gasteiger charge is 2.35. The number of hydrogen-bond acceptors (Lipinski definition) is 5. The monoisotopic (exact) mass is 462 g/mol. The predicted molar refractivity (Wildman–Crippen MR) is 127 cm³/mol. The quantitative estimate of drug-likeness (QED) is 0.568. The van der Waals surface area contributed by atoms with Gasteiger partial charge in [0.25, 0.3) is 5.91 Å². The molecule has 2 aliphatic rings. The number of anilines is 2. The Morgan fingerprint density at radius 3 is 2.67 bits per heavy atom. The van der Waals surface area contributed by atoms with Gasteiger partial charge in [0.05, 0.1) is 29.9 Å². The predicted octanol–water partition coefficient (Wildman–Crippen LogP) is 4.85.